The van der Waals surface area contributed by atoms with Crippen LogP contribution in [0.2, 0.25) is 0 Å². The highest BCUT2D eigenvalue weighted by molar-refractivity contribution is 5.75. The van der Waals surface area contributed by atoms with Crippen molar-refractivity contribution in [1.82, 2.24) is 16.0 Å². The van der Waals surface area contributed by atoms with Gasteiger partial charge in [-0.1, -0.05) is 0 Å². The number of aliphatic hydroxyl groups excluding tert-OH is 13. The van der Waals surface area contributed by atoms with Crippen molar-refractivity contribution in [1.29, 1.82) is 0 Å². The van der Waals surface area contributed by atoms with Crippen LogP contribution in [0.3, 0.4) is 0 Å². The molecule has 6 aliphatic rings. The molecule has 0 radical (unpaired) electrons. The zero-order valence-electron chi connectivity index (χ0n) is 41.0. The highest BCUT2D eigenvalue weighted by Gasteiger charge is 2.59. The van der Waals surface area contributed by atoms with Gasteiger partial charge in [-0.05, 0) is 12.1 Å². The first-order chi connectivity index (χ1) is 36.6. The van der Waals surface area contributed by atoms with E-state index in [0.29, 0.717) is 0 Å². The second-order valence-electron chi connectivity index (χ2n) is 18.8. The van der Waals surface area contributed by atoms with Crippen LogP contribution in [-0.2, 0) is 80.9 Å². The Kier molecular flexibility index (Phi) is 21.5. The van der Waals surface area contributed by atoms with Crippen molar-refractivity contribution in [2.75, 3.05) is 19.8 Å². The number of amides is 3. The van der Waals surface area contributed by atoms with Crippen LogP contribution in [0, 0.1) is 6.42 Å². The minimum absolute atomic E-state index is 0.692. The summed E-state index contributed by atoms with van der Waals surface area (Å²) in [6.45, 7) is -0.166. The molecule has 0 spiro atoms. The van der Waals surface area contributed by atoms with E-state index in [-0.39, 0.29) is 0 Å². The van der Waals surface area contributed by atoms with E-state index in [1.165, 1.54) is 0 Å². The largest absolute Gasteiger partial charge is 0.479 e. The number of nitrogens with one attached hydrogen (secondary N) is 3. The van der Waals surface area contributed by atoms with Crippen molar-refractivity contribution in [3.05, 3.63) is 6.42 Å². The second-order valence-corrected chi connectivity index (χ2v) is 18.8. The molecule has 0 unspecified atom stereocenters. The summed E-state index contributed by atoms with van der Waals surface area (Å²) in [5, 5.41) is 177. The van der Waals surface area contributed by atoms with Crippen molar-refractivity contribution in [3.63, 3.8) is 0 Å². The lowest BCUT2D eigenvalue weighted by Gasteiger charge is -2.51. The number of carbonyl (C=O) groups excluding carboxylic acids is 3. The van der Waals surface area contributed by atoms with Crippen LogP contribution in [0.4, 0.5) is 0 Å². The van der Waals surface area contributed by atoms with Crippen LogP contribution in [-0.4, -0.2) is 315 Å². The molecule has 0 aliphatic carbocycles. The number of hydrogen-bond acceptors (Lipinski definition) is 30. The summed E-state index contributed by atoms with van der Waals surface area (Å²) in [6, 6.07) is -5.24. The van der Waals surface area contributed by atoms with Crippen LogP contribution in [0.5, 0.6) is 0 Å². The third-order valence-corrected chi connectivity index (χ3v) is 13.2. The molecule has 446 valence electrons. The minimum Gasteiger partial charge on any atom is -0.479 e. The summed E-state index contributed by atoms with van der Waals surface area (Å²) in [5.74, 6) is -8.37. The summed E-state index contributed by atoms with van der Waals surface area (Å²) in [7, 11) is 0. The van der Waals surface area contributed by atoms with E-state index >= 15 is 0 Å². The molecule has 6 aliphatic heterocycles. The lowest BCUT2D eigenvalue weighted by Crippen LogP contribution is -2.71. The molecule has 36 nitrogen and oxygen atoms in total. The fourth-order valence-corrected chi connectivity index (χ4v) is 9.43. The van der Waals surface area contributed by atoms with E-state index in [1.54, 1.807) is 0 Å². The van der Waals surface area contributed by atoms with Crippen molar-refractivity contribution in [2.45, 2.75) is 199 Å². The number of rotatable bonds is 19. The minimum atomic E-state index is -2.51. The average Bonchev–Trinajstić information content (AvgIpc) is 3.38. The zero-order valence-corrected chi connectivity index (χ0v) is 41.0. The van der Waals surface area contributed by atoms with Crippen molar-refractivity contribution in [3.8, 4) is 0 Å². The van der Waals surface area contributed by atoms with Gasteiger partial charge in [-0.2, -0.15) is 0 Å². The first kappa shape index (κ1) is 63.0. The van der Waals surface area contributed by atoms with E-state index in [9.17, 15) is 110 Å². The molecule has 6 saturated heterocycles. The van der Waals surface area contributed by atoms with Gasteiger partial charge in [0.25, 0.3) is 0 Å². The Morgan fingerprint density at radius 1 is 0.397 bits per heavy atom. The van der Waals surface area contributed by atoms with Crippen LogP contribution in [0.25, 0.3) is 0 Å². The van der Waals surface area contributed by atoms with Gasteiger partial charge >= 0.3 is 17.9 Å². The maximum Gasteiger partial charge on any atom is 0.335 e. The number of carboxylic acids is 3. The molecule has 6 heterocycles. The van der Waals surface area contributed by atoms with Gasteiger partial charge in [0.05, 0.1) is 25.9 Å². The SMILES string of the molecule is CC(=O)N[C@H]1[C@H](O[C@H]2[C@H](O)[C@@H](O)[C@H](O)O[C@@H]2C(=O)O)O[C@H](CO)[C@@H](O)[C@@H]1O[C@@H]1O[C@H](C(=O)O)[C@@H](O[C@@H]2O[C@H](CO)[C@@H](O)[C@H](O[C@@H]3O[C@H](C(=O)O)[C@@H](O[C@@H]4O[C@H](CO)[C@@H](O)[CH-][C@H]4NC(C)=O)[C@H](O)[C@H]3O)[C@H]2NC(C)=O)[C@H](O)[C@H]1O. The van der Waals surface area contributed by atoms with Gasteiger partial charge in [-0.3, -0.25) is 20.8 Å². The Morgan fingerprint density at radius 3 is 1.09 bits per heavy atom. The maximum absolute atomic E-state index is 12.9. The Labute approximate surface area is 438 Å². The lowest BCUT2D eigenvalue weighted by atomic mass is 9.93. The molecular formula is C42H64N3O33-. The lowest BCUT2D eigenvalue weighted by molar-refractivity contribution is -0.376. The molecule has 78 heavy (non-hydrogen) atoms. The van der Waals surface area contributed by atoms with Crippen LogP contribution in [0.15, 0.2) is 0 Å². The van der Waals surface area contributed by atoms with Crippen LogP contribution in [0.1, 0.15) is 20.8 Å². The van der Waals surface area contributed by atoms with Crippen LogP contribution >= 0.6 is 0 Å². The smallest absolute Gasteiger partial charge is 0.335 e. The molecule has 29 atom stereocenters. The summed E-state index contributed by atoms with van der Waals surface area (Å²) in [6.07, 6.45) is -54.8. The summed E-state index contributed by atoms with van der Waals surface area (Å²) in [4.78, 5) is 74.9. The number of aliphatic hydroxyl groups is 13. The average molecular weight is 1140 g/mol. The standard InChI is InChI=1S/C42H64N3O33/c1-8(49)43-11-4-12(52)13(5-46)68-38(11)74-29-21(56)24(59)41(77-32(29)35(63)64)72-27-17(45-10(3)51)40(70-15(7-48)19(27)54)76-30-22(57)25(60)42(78-33(30)36(65)66)73-26-16(44-9(2)50)39(69-14(6-47)18(26)53)75-28-20(55)23(58)37(67)71-31(28)34(61)62/h4,11-33,37-42,46-48,52-60,67H,5-7H2,1-3H3,(H,43,49)(H,44,50)(H,45,51)(H,61,62)(H,63,64)(H,65,66)/q-1/t11-,12+,13-,14-,15-,16-,17-,18-,19-,20-,21-,22-,23-,24-,25-,26-,27-,28+,29+,30+,31+,32+,33+,37-,38+,39+,40+,41-,42-/m1/s1. The molecule has 6 rings (SSSR count). The Morgan fingerprint density at radius 2 is 0.731 bits per heavy atom. The van der Waals surface area contributed by atoms with Gasteiger partial charge in [-0.15, -0.1) is 0 Å². The number of ether oxygens (including phenoxy) is 11. The maximum atomic E-state index is 12.9. The van der Waals surface area contributed by atoms with Crippen molar-refractivity contribution in [2.24, 2.45) is 0 Å². The van der Waals surface area contributed by atoms with Crippen LogP contribution < -0.4 is 16.0 Å². The summed E-state index contributed by atoms with van der Waals surface area (Å²) in [5.41, 5.74) is 0. The molecule has 19 N–H and O–H groups in total. The quantitative estimate of drug-likeness (QED) is 0.0534. The predicted octanol–water partition coefficient (Wildman–Crippen LogP) is -12.5. The molecule has 0 aromatic heterocycles. The zero-order chi connectivity index (χ0) is 57.9. The summed E-state index contributed by atoms with van der Waals surface area (Å²) < 4.78 is 61.4. The van der Waals surface area contributed by atoms with E-state index in [0.717, 1.165) is 27.2 Å². The van der Waals surface area contributed by atoms with Gasteiger partial charge in [0.1, 0.15) is 104 Å². The van der Waals surface area contributed by atoms with Crippen molar-refractivity contribution < 1.29 is 163 Å². The third kappa shape index (κ3) is 13.8. The normalized spacial score (nSPS) is 46.1. The molecule has 0 aromatic carbocycles. The summed E-state index contributed by atoms with van der Waals surface area (Å²) >= 11 is 0. The van der Waals surface area contributed by atoms with E-state index in [1.807, 2.05) is 0 Å². The number of carbonyl (C=O) groups is 6. The Balaban J connectivity index is 1.24. The fourth-order valence-electron chi connectivity index (χ4n) is 9.43. The number of aliphatic carboxylic acids is 3. The predicted molar refractivity (Wildman–Crippen MR) is 234 cm³/mol. The topological polar surface area (TPSA) is 564 Å². The molecular weight excluding hydrogens is 1070 g/mol. The molecule has 6 fully saturated rings. The van der Waals surface area contributed by atoms with E-state index in [2.05, 4.69) is 16.0 Å². The first-order valence-electron chi connectivity index (χ1n) is 23.8. The van der Waals surface area contributed by atoms with E-state index < -0.39 is 233 Å². The van der Waals surface area contributed by atoms with Gasteiger partial charge in [0.2, 0.25) is 17.7 Å². The molecule has 0 aromatic rings. The monoisotopic (exact) mass is 1140 g/mol. The number of carboxylic acid groups (broad SMARTS) is 3. The first-order valence-corrected chi connectivity index (χ1v) is 23.8. The highest BCUT2D eigenvalue weighted by Crippen LogP contribution is 2.37. The Hall–Kier alpha value is -4.14. The molecule has 3 amide bonds. The molecule has 36 heteroatoms. The molecule has 0 saturated carbocycles. The Bertz CT molecular complexity index is 2080. The fraction of sp³-hybridized carbons (Fsp3) is 0.833. The molecule has 0 bridgehead atoms. The van der Waals surface area contributed by atoms with Gasteiger partial charge in [-0.25, -0.2) is 14.4 Å². The van der Waals surface area contributed by atoms with Gasteiger partial charge < -0.3 is 150 Å². The van der Waals surface area contributed by atoms with Crippen molar-refractivity contribution >= 4 is 35.6 Å². The third-order valence-electron chi connectivity index (χ3n) is 13.2. The van der Waals surface area contributed by atoms with E-state index in [4.69, 9.17) is 52.1 Å². The number of hydrogen-bond donors (Lipinski definition) is 19. The van der Waals surface area contributed by atoms with Gasteiger partial charge in [0.15, 0.2) is 56.1 Å². The second kappa shape index (κ2) is 26.6. The highest BCUT2D eigenvalue weighted by atomic mass is 16.8. The van der Waals surface area contributed by atoms with Gasteiger partial charge in [0, 0.05) is 20.8 Å².